The summed E-state index contributed by atoms with van der Waals surface area (Å²) < 4.78 is 11.4. The molecule has 0 unspecified atom stereocenters. The summed E-state index contributed by atoms with van der Waals surface area (Å²) in [6.07, 6.45) is -1.71. The van der Waals surface area contributed by atoms with Gasteiger partial charge >= 0.3 is 12.2 Å². The Hall–Kier alpha value is -2.00. The van der Waals surface area contributed by atoms with Crippen molar-refractivity contribution in [1.82, 2.24) is 9.97 Å². The maximum Gasteiger partial charge on any atom is 0.426 e. The van der Waals surface area contributed by atoms with Gasteiger partial charge in [0.2, 0.25) is 5.13 Å². The van der Waals surface area contributed by atoms with Crippen LogP contribution in [0.2, 0.25) is 0 Å². The first-order valence-electron chi connectivity index (χ1n) is 8.63. The topological polar surface area (TPSA) is 81.6 Å². The van der Waals surface area contributed by atoms with Crippen molar-refractivity contribution in [2.24, 2.45) is 0 Å². The van der Waals surface area contributed by atoms with Crippen molar-refractivity contribution in [3.63, 3.8) is 0 Å². The average molecular weight is 470 g/mol. The zero-order valence-corrected chi connectivity index (χ0v) is 19.4. The normalized spacial score (nSPS) is 11.9. The molecule has 0 saturated carbocycles. The highest BCUT2D eigenvalue weighted by Gasteiger charge is 2.35. The van der Waals surface area contributed by atoms with Crippen LogP contribution in [0.25, 0.3) is 11.4 Å². The molecule has 152 valence electrons. The average Bonchev–Trinajstić information content (AvgIpc) is 2.85. The molecule has 0 aromatic carbocycles. The summed E-state index contributed by atoms with van der Waals surface area (Å²) in [5.74, 6) is 0. The third kappa shape index (κ3) is 6.00. The molecule has 9 heteroatoms. The molecule has 0 spiro atoms. The van der Waals surface area contributed by atoms with Crippen molar-refractivity contribution in [3.8, 4) is 11.4 Å². The molecule has 28 heavy (non-hydrogen) atoms. The van der Waals surface area contributed by atoms with Crippen molar-refractivity contribution in [2.45, 2.75) is 59.7 Å². The number of pyridine rings is 1. The van der Waals surface area contributed by atoms with Gasteiger partial charge in [-0.25, -0.2) is 14.6 Å². The zero-order valence-electron chi connectivity index (χ0n) is 17.0. The Bertz CT molecular complexity index is 856. The number of rotatable bonds is 2. The van der Waals surface area contributed by atoms with E-state index in [-0.39, 0.29) is 5.13 Å². The van der Waals surface area contributed by atoms with Gasteiger partial charge in [-0.1, -0.05) is 17.4 Å². The maximum absolute atomic E-state index is 12.7. The van der Waals surface area contributed by atoms with Gasteiger partial charge in [0.1, 0.15) is 20.7 Å². The summed E-state index contributed by atoms with van der Waals surface area (Å²) in [6, 6.07) is 5.54. The molecule has 0 saturated heterocycles. The molecule has 2 aromatic rings. The van der Waals surface area contributed by atoms with Gasteiger partial charge in [0.25, 0.3) is 0 Å². The van der Waals surface area contributed by atoms with Gasteiger partial charge in [-0.05, 0) is 76.5 Å². The Labute approximate surface area is 177 Å². The van der Waals surface area contributed by atoms with Gasteiger partial charge < -0.3 is 9.47 Å². The maximum atomic E-state index is 12.7. The monoisotopic (exact) mass is 469 g/mol. The van der Waals surface area contributed by atoms with Crippen molar-refractivity contribution in [3.05, 3.63) is 27.7 Å². The Kier molecular flexibility index (Phi) is 6.50. The van der Waals surface area contributed by atoms with E-state index in [1.807, 2.05) is 25.1 Å². The summed E-state index contributed by atoms with van der Waals surface area (Å²) in [4.78, 5) is 35.2. The van der Waals surface area contributed by atoms with Gasteiger partial charge in [0.05, 0.1) is 5.69 Å². The van der Waals surface area contributed by atoms with Crippen LogP contribution in [-0.4, -0.2) is 33.4 Å². The number of amides is 2. The van der Waals surface area contributed by atoms with Crippen LogP contribution in [0.1, 0.15) is 47.2 Å². The van der Waals surface area contributed by atoms with Crippen LogP contribution in [-0.2, 0) is 9.47 Å². The predicted molar refractivity (Wildman–Crippen MR) is 113 cm³/mol. The largest absolute Gasteiger partial charge is 0.443 e. The number of hydrogen-bond acceptors (Lipinski definition) is 7. The third-order valence-corrected chi connectivity index (χ3v) is 4.74. The van der Waals surface area contributed by atoms with E-state index in [1.54, 1.807) is 41.5 Å². The number of imide groups is 1. The fourth-order valence-corrected chi connectivity index (χ4v) is 3.58. The SMILES string of the molecule is Cc1cccc(-c2nc(N(C(=O)OC(C)(C)C)C(=O)OC(C)(C)C)sc2Br)n1. The van der Waals surface area contributed by atoms with Crippen molar-refractivity contribution in [2.75, 3.05) is 4.90 Å². The summed E-state index contributed by atoms with van der Waals surface area (Å²) in [7, 11) is 0. The number of anilines is 1. The van der Waals surface area contributed by atoms with Gasteiger partial charge in [-0.3, -0.25) is 4.98 Å². The second-order valence-electron chi connectivity index (χ2n) is 8.08. The lowest BCUT2D eigenvalue weighted by atomic mass is 10.2. The van der Waals surface area contributed by atoms with E-state index < -0.39 is 23.4 Å². The van der Waals surface area contributed by atoms with E-state index >= 15 is 0 Å². The van der Waals surface area contributed by atoms with Crippen LogP contribution in [0, 0.1) is 6.92 Å². The molecule has 7 nitrogen and oxygen atoms in total. The Morgan fingerprint density at radius 1 is 1.00 bits per heavy atom. The lowest BCUT2D eigenvalue weighted by Gasteiger charge is -2.27. The standard InChI is InChI=1S/C19H24BrN3O4S/c1-11-9-8-10-12(21-11)13-14(20)28-15(22-13)23(16(24)26-18(2,3)4)17(25)27-19(5,6)7/h8-10H,1-7H3. The Morgan fingerprint density at radius 2 is 1.54 bits per heavy atom. The van der Waals surface area contributed by atoms with Gasteiger partial charge in [0.15, 0.2) is 0 Å². The predicted octanol–water partition coefficient (Wildman–Crippen LogP) is 5.95. The molecule has 0 aliphatic rings. The first-order chi connectivity index (χ1) is 12.8. The summed E-state index contributed by atoms with van der Waals surface area (Å²) in [5.41, 5.74) is 0.415. The number of carbonyl (C=O) groups is 2. The van der Waals surface area contributed by atoms with Crippen molar-refractivity contribution in [1.29, 1.82) is 0 Å². The second-order valence-corrected chi connectivity index (χ2v) is 10.4. The van der Waals surface area contributed by atoms with Crippen LogP contribution >= 0.6 is 27.3 Å². The second kappa shape index (κ2) is 8.16. The molecule has 0 N–H and O–H groups in total. The van der Waals surface area contributed by atoms with Gasteiger partial charge in [-0.2, -0.15) is 4.90 Å². The van der Waals surface area contributed by atoms with Crippen LogP contribution in [0.15, 0.2) is 22.0 Å². The number of hydrogen-bond donors (Lipinski definition) is 0. The number of ether oxygens (including phenoxy) is 2. The highest BCUT2D eigenvalue weighted by Crippen LogP contribution is 2.37. The highest BCUT2D eigenvalue weighted by atomic mass is 79.9. The Morgan fingerprint density at radius 3 is 2.00 bits per heavy atom. The zero-order chi connectivity index (χ0) is 21.3. The molecule has 2 amide bonds. The third-order valence-electron chi connectivity index (χ3n) is 3.05. The molecule has 0 aliphatic heterocycles. The Balaban J connectivity index is 2.47. The number of aromatic nitrogens is 2. The van der Waals surface area contributed by atoms with E-state index in [2.05, 4.69) is 25.9 Å². The molecule has 0 fully saturated rings. The molecule has 0 radical (unpaired) electrons. The van der Waals surface area contributed by atoms with Crippen molar-refractivity contribution < 1.29 is 19.1 Å². The van der Waals surface area contributed by atoms with Crippen LogP contribution in [0.5, 0.6) is 0 Å². The number of thiazole rings is 1. The summed E-state index contributed by atoms with van der Waals surface area (Å²) >= 11 is 4.57. The number of carbonyl (C=O) groups excluding carboxylic acids is 2. The van der Waals surface area contributed by atoms with E-state index in [9.17, 15) is 9.59 Å². The summed E-state index contributed by atoms with van der Waals surface area (Å²) in [6.45, 7) is 12.2. The lowest BCUT2D eigenvalue weighted by molar-refractivity contribution is 0.0430. The van der Waals surface area contributed by atoms with E-state index in [4.69, 9.17) is 9.47 Å². The molecule has 2 heterocycles. The van der Waals surface area contributed by atoms with Crippen molar-refractivity contribution >= 4 is 44.6 Å². The fourth-order valence-electron chi connectivity index (χ4n) is 2.07. The van der Waals surface area contributed by atoms with E-state index in [0.717, 1.165) is 21.9 Å². The minimum atomic E-state index is -0.855. The molecule has 0 bridgehead atoms. The van der Waals surface area contributed by atoms with Gasteiger partial charge in [-0.15, -0.1) is 0 Å². The molecular weight excluding hydrogens is 446 g/mol. The van der Waals surface area contributed by atoms with Crippen LogP contribution < -0.4 is 4.90 Å². The fraction of sp³-hybridized carbons (Fsp3) is 0.474. The van der Waals surface area contributed by atoms with Crippen LogP contribution in [0.4, 0.5) is 14.7 Å². The van der Waals surface area contributed by atoms with Crippen LogP contribution in [0.3, 0.4) is 0 Å². The quantitative estimate of drug-likeness (QED) is 0.539. The molecular formula is C19H24BrN3O4S. The molecule has 2 rings (SSSR count). The number of nitrogens with zero attached hydrogens (tertiary/aromatic N) is 3. The first-order valence-corrected chi connectivity index (χ1v) is 10.2. The summed E-state index contributed by atoms with van der Waals surface area (Å²) in [5, 5.41) is 0.133. The smallest absolute Gasteiger partial charge is 0.426 e. The molecule has 0 aliphatic carbocycles. The lowest BCUT2D eigenvalue weighted by Crippen LogP contribution is -2.43. The molecule has 2 aromatic heterocycles. The first kappa shape index (κ1) is 22.3. The number of halogens is 1. The van der Waals surface area contributed by atoms with E-state index in [1.165, 1.54) is 0 Å². The van der Waals surface area contributed by atoms with E-state index in [0.29, 0.717) is 15.2 Å². The minimum Gasteiger partial charge on any atom is -0.443 e. The van der Waals surface area contributed by atoms with Gasteiger partial charge in [0, 0.05) is 5.69 Å². The molecule has 0 atom stereocenters. The number of aryl methyl sites for hydroxylation is 1. The minimum absolute atomic E-state index is 0.133. The highest BCUT2D eigenvalue weighted by molar-refractivity contribution is 9.11.